The van der Waals surface area contributed by atoms with Crippen LogP contribution in [0.3, 0.4) is 0 Å². The van der Waals surface area contributed by atoms with Gasteiger partial charge in [-0.3, -0.25) is 0 Å². The van der Waals surface area contributed by atoms with Crippen molar-refractivity contribution < 1.29 is 13.2 Å². The number of halogens is 3. The van der Waals surface area contributed by atoms with E-state index >= 15 is 0 Å². The maximum absolute atomic E-state index is 13.9. The van der Waals surface area contributed by atoms with Gasteiger partial charge in [0.25, 0.3) is 0 Å². The lowest BCUT2D eigenvalue weighted by molar-refractivity contribution is -0.154. The minimum absolute atomic E-state index is 0.0654. The van der Waals surface area contributed by atoms with E-state index in [1.54, 1.807) is 6.07 Å². The Kier molecular flexibility index (Phi) is 5.05. The molecular formula is C19H25F3N4S. The molecule has 2 fully saturated rings. The molecule has 1 saturated carbocycles. The van der Waals surface area contributed by atoms with Gasteiger partial charge in [0.15, 0.2) is 0 Å². The van der Waals surface area contributed by atoms with Crippen LogP contribution in [0.1, 0.15) is 39.5 Å². The number of aliphatic imine (C=N–C) groups is 1. The third kappa shape index (κ3) is 4.06. The van der Waals surface area contributed by atoms with Crippen LogP contribution < -0.4 is 14.9 Å². The molecule has 2 N–H and O–H groups in total. The normalized spacial score (nSPS) is 25.9. The number of nitrogens with zero attached hydrogens (tertiary/aromatic N) is 2. The van der Waals surface area contributed by atoms with Crippen LogP contribution in [0.2, 0.25) is 0 Å². The van der Waals surface area contributed by atoms with Crippen LogP contribution in [0, 0.1) is 5.92 Å². The summed E-state index contributed by atoms with van der Waals surface area (Å²) in [5.74, 6) is 1.33. The first-order chi connectivity index (χ1) is 12.8. The molecule has 8 heteroatoms. The molecule has 4 nitrogen and oxygen atoms in total. The van der Waals surface area contributed by atoms with Gasteiger partial charge in [-0.05, 0) is 49.8 Å². The van der Waals surface area contributed by atoms with Crippen molar-refractivity contribution in [2.45, 2.75) is 68.7 Å². The average molecular weight is 398 g/mol. The Morgan fingerprint density at radius 3 is 2.70 bits per heavy atom. The van der Waals surface area contributed by atoms with Gasteiger partial charge in [0.2, 0.25) is 0 Å². The summed E-state index contributed by atoms with van der Waals surface area (Å²) in [6, 6.07) is 4.09. The highest BCUT2D eigenvalue weighted by Gasteiger charge is 2.47. The highest BCUT2D eigenvalue weighted by Crippen LogP contribution is 2.46. The van der Waals surface area contributed by atoms with Crippen LogP contribution in [0.15, 0.2) is 28.1 Å². The third-order valence-corrected chi connectivity index (χ3v) is 6.16. The molecule has 2 heterocycles. The van der Waals surface area contributed by atoms with Crippen LogP contribution in [0.5, 0.6) is 0 Å². The fourth-order valence-corrected chi connectivity index (χ4v) is 4.73. The molecule has 2 aliphatic heterocycles. The smallest absolute Gasteiger partial charge is 0.358 e. The van der Waals surface area contributed by atoms with Gasteiger partial charge < -0.3 is 14.9 Å². The van der Waals surface area contributed by atoms with E-state index in [1.807, 2.05) is 26.0 Å². The lowest BCUT2D eigenvalue weighted by Gasteiger charge is -2.43. The average Bonchev–Trinajstić information content (AvgIpc) is 3.45. The summed E-state index contributed by atoms with van der Waals surface area (Å²) in [4.78, 5) is 7.14. The number of para-hydroxylation sites is 1. The minimum Gasteiger partial charge on any atom is -0.358 e. The number of alkyl halides is 3. The van der Waals surface area contributed by atoms with Gasteiger partial charge in [0.1, 0.15) is 17.6 Å². The Morgan fingerprint density at radius 1 is 1.26 bits per heavy atom. The fraction of sp³-hybridized carbons (Fsp3) is 0.632. The van der Waals surface area contributed by atoms with Gasteiger partial charge >= 0.3 is 6.18 Å². The van der Waals surface area contributed by atoms with E-state index in [-0.39, 0.29) is 18.5 Å². The molecule has 0 radical (unpaired) electrons. The van der Waals surface area contributed by atoms with E-state index in [0.29, 0.717) is 30.3 Å². The third-order valence-electron chi connectivity index (χ3n) is 5.30. The molecule has 0 aromatic heterocycles. The number of hydrogen-bond donors (Lipinski definition) is 2. The van der Waals surface area contributed by atoms with Crippen molar-refractivity contribution in [1.29, 1.82) is 0 Å². The molecule has 27 heavy (non-hydrogen) atoms. The maximum Gasteiger partial charge on any atom is 0.408 e. The Morgan fingerprint density at radius 2 is 2.04 bits per heavy atom. The van der Waals surface area contributed by atoms with E-state index < -0.39 is 12.2 Å². The second kappa shape index (κ2) is 7.20. The van der Waals surface area contributed by atoms with Gasteiger partial charge in [-0.25, -0.2) is 4.99 Å². The standard InChI is InChI=1S/C19H25F3N4S/c1-11(2)23-13-8-9-26(16(10-13)19(20,21)22)14-4-3-5-15-17(14)24-18(25-27-15)12-6-7-12/h3-5,11-13,16,23H,6-10H2,1-2H3,(H,24,25)/t13-,16+/m0/s1. The predicted octanol–water partition coefficient (Wildman–Crippen LogP) is 4.63. The molecule has 0 bridgehead atoms. The van der Waals surface area contributed by atoms with Crippen molar-refractivity contribution in [2.75, 3.05) is 11.4 Å². The molecular weight excluding hydrogens is 373 g/mol. The van der Waals surface area contributed by atoms with Crippen LogP contribution in [0.4, 0.5) is 24.5 Å². The first-order valence-corrected chi connectivity index (χ1v) is 10.4. The molecule has 1 saturated heterocycles. The Bertz CT molecular complexity index is 730. The number of nitrogens with one attached hydrogen (secondary N) is 2. The topological polar surface area (TPSA) is 39.7 Å². The number of rotatable bonds is 4. The molecule has 0 spiro atoms. The first kappa shape index (κ1) is 18.9. The van der Waals surface area contributed by atoms with Crippen molar-refractivity contribution in [3.05, 3.63) is 18.2 Å². The van der Waals surface area contributed by atoms with Crippen molar-refractivity contribution in [2.24, 2.45) is 10.9 Å². The van der Waals surface area contributed by atoms with E-state index in [9.17, 15) is 13.2 Å². The molecule has 1 aromatic rings. The van der Waals surface area contributed by atoms with Crippen molar-refractivity contribution in [3.8, 4) is 0 Å². The second-order valence-corrected chi connectivity index (χ2v) is 8.74. The summed E-state index contributed by atoms with van der Waals surface area (Å²) in [5, 5.41) is 3.28. The second-order valence-electron chi connectivity index (χ2n) is 7.89. The number of benzene rings is 1. The summed E-state index contributed by atoms with van der Waals surface area (Å²) in [5.41, 5.74) is 1.29. The van der Waals surface area contributed by atoms with Crippen molar-refractivity contribution in [1.82, 2.24) is 10.0 Å². The molecule has 3 aliphatic rings. The molecule has 2 atom stereocenters. The lowest BCUT2D eigenvalue weighted by atomic mass is 9.95. The summed E-state index contributed by atoms with van der Waals surface area (Å²) >= 11 is 1.46. The SMILES string of the molecule is CC(C)N[C@H]1CCN(c2cccc3c2N=C(C2CC2)NS3)[C@@H](C(F)(F)F)C1. The van der Waals surface area contributed by atoms with Gasteiger partial charge in [-0.15, -0.1) is 0 Å². The largest absolute Gasteiger partial charge is 0.408 e. The highest BCUT2D eigenvalue weighted by atomic mass is 32.2. The van der Waals surface area contributed by atoms with E-state index in [4.69, 9.17) is 4.99 Å². The fourth-order valence-electron chi connectivity index (χ4n) is 3.91. The molecule has 4 rings (SSSR count). The van der Waals surface area contributed by atoms with E-state index in [2.05, 4.69) is 10.0 Å². The number of piperidine rings is 1. The number of amidine groups is 1. The Balaban J connectivity index is 1.66. The minimum atomic E-state index is -4.27. The van der Waals surface area contributed by atoms with Crippen LogP contribution >= 0.6 is 11.9 Å². The first-order valence-electron chi connectivity index (χ1n) is 9.57. The number of anilines is 1. The van der Waals surface area contributed by atoms with Crippen LogP contribution in [-0.4, -0.2) is 36.7 Å². The van der Waals surface area contributed by atoms with Crippen LogP contribution in [-0.2, 0) is 0 Å². The monoisotopic (exact) mass is 398 g/mol. The highest BCUT2D eigenvalue weighted by molar-refractivity contribution is 7.98. The van der Waals surface area contributed by atoms with Gasteiger partial charge in [-0.1, -0.05) is 19.9 Å². The zero-order chi connectivity index (χ0) is 19.2. The van der Waals surface area contributed by atoms with E-state index in [0.717, 1.165) is 23.6 Å². The Labute approximate surface area is 162 Å². The maximum atomic E-state index is 13.9. The summed E-state index contributed by atoms with van der Waals surface area (Å²) < 4.78 is 45.0. The lowest BCUT2D eigenvalue weighted by Crippen LogP contribution is -2.55. The van der Waals surface area contributed by atoms with Crippen molar-refractivity contribution in [3.63, 3.8) is 0 Å². The van der Waals surface area contributed by atoms with Crippen molar-refractivity contribution >= 4 is 29.2 Å². The molecule has 1 aliphatic carbocycles. The van der Waals surface area contributed by atoms with Gasteiger partial charge in [0, 0.05) is 24.5 Å². The van der Waals surface area contributed by atoms with Gasteiger partial charge in [-0.2, -0.15) is 13.2 Å². The number of fused-ring (bicyclic) bond motifs is 1. The molecule has 148 valence electrons. The molecule has 1 aromatic carbocycles. The summed E-state index contributed by atoms with van der Waals surface area (Å²) in [6.07, 6.45) is -1.32. The molecule has 0 unspecified atom stereocenters. The summed E-state index contributed by atoms with van der Waals surface area (Å²) in [7, 11) is 0. The quantitative estimate of drug-likeness (QED) is 0.725. The van der Waals surface area contributed by atoms with Gasteiger partial charge in [0.05, 0.1) is 10.6 Å². The van der Waals surface area contributed by atoms with Crippen LogP contribution in [0.25, 0.3) is 0 Å². The zero-order valence-electron chi connectivity index (χ0n) is 15.5. The summed E-state index contributed by atoms with van der Waals surface area (Å²) in [6.45, 7) is 4.32. The molecule has 0 amide bonds. The Hall–Kier alpha value is -1.41. The zero-order valence-corrected chi connectivity index (χ0v) is 16.3. The predicted molar refractivity (Wildman–Crippen MR) is 104 cm³/mol. The number of hydrogen-bond acceptors (Lipinski definition) is 5. The van der Waals surface area contributed by atoms with E-state index in [1.165, 1.54) is 16.8 Å².